The van der Waals surface area contributed by atoms with Crippen LogP contribution in [0.1, 0.15) is 11.1 Å². The van der Waals surface area contributed by atoms with Crippen molar-refractivity contribution in [1.82, 2.24) is 5.32 Å². The van der Waals surface area contributed by atoms with Crippen LogP contribution in [0, 0.1) is 6.92 Å². The molecule has 23 heavy (non-hydrogen) atoms. The predicted molar refractivity (Wildman–Crippen MR) is 96.9 cm³/mol. The molecule has 0 atom stereocenters. The quantitative estimate of drug-likeness (QED) is 0.476. The molecule has 0 bridgehead atoms. The first-order chi connectivity index (χ1) is 11.2. The molecule has 2 aromatic carbocycles. The van der Waals surface area contributed by atoms with Crippen LogP contribution < -0.4 is 10.1 Å². The average Bonchev–Trinajstić information content (AvgIpc) is 2.58. The molecule has 0 aromatic heterocycles. The molecule has 1 amide bonds. The SMILES string of the molecule is COc1ccccc1C=CC(=O)NCCSc1ccc(C)cc1. The van der Waals surface area contributed by atoms with E-state index in [1.54, 1.807) is 24.9 Å². The number of carbonyl (C=O) groups excluding carboxylic acids is 1. The minimum atomic E-state index is -0.0968. The van der Waals surface area contributed by atoms with Gasteiger partial charge in [-0.2, -0.15) is 0 Å². The second-order valence-corrected chi connectivity index (χ2v) is 6.20. The number of methoxy groups -OCH3 is 1. The molecule has 0 saturated carbocycles. The van der Waals surface area contributed by atoms with E-state index in [-0.39, 0.29) is 5.91 Å². The van der Waals surface area contributed by atoms with E-state index in [0.29, 0.717) is 6.54 Å². The lowest BCUT2D eigenvalue weighted by Gasteiger charge is -2.04. The fourth-order valence-electron chi connectivity index (χ4n) is 2.01. The second kappa shape index (κ2) is 9.06. The molecule has 2 rings (SSSR count). The molecule has 0 aliphatic heterocycles. The van der Waals surface area contributed by atoms with E-state index < -0.39 is 0 Å². The highest BCUT2D eigenvalue weighted by Gasteiger charge is 2.00. The second-order valence-electron chi connectivity index (χ2n) is 5.03. The Bertz CT molecular complexity index is 665. The molecule has 4 heteroatoms. The van der Waals surface area contributed by atoms with Gasteiger partial charge in [0.25, 0.3) is 0 Å². The number of benzene rings is 2. The molecule has 0 aliphatic rings. The molecule has 0 spiro atoms. The summed E-state index contributed by atoms with van der Waals surface area (Å²) < 4.78 is 5.25. The van der Waals surface area contributed by atoms with Crippen molar-refractivity contribution in [2.24, 2.45) is 0 Å². The zero-order valence-corrected chi connectivity index (χ0v) is 14.2. The van der Waals surface area contributed by atoms with E-state index in [9.17, 15) is 4.79 Å². The van der Waals surface area contributed by atoms with Crippen LogP contribution in [0.15, 0.2) is 59.5 Å². The summed E-state index contributed by atoms with van der Waals surface area (Å²) in [4.78, 5) is 13.0. The molecule has 0 unspecified atom stereocenters. The van der Waals surface area contributed by atoms with E-state index in [1.807, 2.05) is 24.3 Å². The summed E-state index contributed by atoms with van der Waals surface area (Å²) in [6.45, 7) is 2.70. The molecule has 0 aliphatic carbocycles. The standard InChI is InChI=1S/C19H21NO2S/c1-15-7-10-17(11-8-15)23-14-13-20-19(21)12-9-16-5-3-4-6-18(16)22-2/h3-12H,13-14H2,1-2H3,(H,20,21). The van der Waals surface area contributed by atoms with Crippen molar-refractivity contribution in [3.05, 3.63) is 65.7 Å². The monoisotopic (exact) mass is 327 g/mol. The summed E-state index contributed by atoms with van der Waals surface area (Å²) in [6.07, 6.45) is 3.30. The van der Waals surface area contributed by atoms with Crippen molar-refractivity contribution in [2.45, 2.75) is 11.8 Å². The van der Waals surface area contributed by atoms with Gasteiger partial charge in [0, 0.05) is 28.8 Å². The Labute approximate surface area is 141 Å². The maximum atomic E-state index is 11.8. The van der Waals surface area contributed by atoms with E-state index in [0.717, 1.165) is 17.1 Å². The van der Waals surface area contributed by atoms with Gasteiger partial charge in [-0.25, -0.2) is 0 Å². The Morgan fingerprint density at radius 3 is 2.65 bits per heavy atom. The Morgan fingerprint density at radius 1 is 1.17 bits per heavy atom. The van der Waals surface area contributed by atoms with Crippen LogP contribution in [0.2, 0.25) is 0 Å². The smallest absolute Gasteiger partial charge is 0.244 e. The van der Waals surface area contributed by atoms with Crippen molar-refractivity contribution < 1.29 is 9.53 Å². The van der Waals surface area contributed by atoms with Crippen LogP contribution in [0.25, 0.3) is 6.08 Å². The molecule has 0 fully saturated rings. The molecule has 0 heterocycles. The molecular weight excluding hydrogens is 306 g/mol. The summed E-state index contributed by atoms with van der Waals surface area (Å²) in [7, 11) is 1.62. The van der Waals surface area contributed by atoms with Crippen LogP contribution in [0.3, 0.4) is 0 Å². The number of para-hydroxylation sites is 1. The van der Waals surface area contributed by atoms with Gasteiger partial charge in [-0.3, -0.25) is 4.79 Å². The van der Waals surface area contributed by atoms with Crippen molar-refractivity contribution >= 4 is 23.7 Å². The number of aryl methyl sites for hydroxylation is 1. The molecule has 2 aromatic rings. The molecule has 120 valence electrons. The highest BCUT2D eigenvalue weighted by Crippen LogP contribution is 2.19. The lowest BCUT2D eigenvalue weighted by atomic mass is 10.2. The number of thioether (sulfide) groups is 1. The normalized spacial score (nSPS) is 10.7. The van der Waals surface area contributed by atoms with Gasteiger partial charge in [0.05, 0.1) is 7.11 Å². The number of carbonyl (C=O) groups is 1. The zero-order valence-electron chi connectivity index (χ0n) is 13.4. The van der Waals surface area contributed by atoms with Gasteiger partial charge in [0.15, 0.2) is 0 Å². The van der Waals surface area contributed by atoms with E-state index in [4.69, 9.17) is 4.74 Å². The van der Waals surface area contributed by atoms with Gasteiger partial charge in [-0.05, 0) is 31.2 Å². The number of hydrogen-bond donors (Lipinski definition) is 1. The van der Waals surface area contributed by atoms with Crippen molar-refractivity contribution in [1.29, 1.82) is 0 Å². The fourth-order valence-corrected chi connectivity index (χ4v) is 2.77. The molecule has 3 nitrogen and oxygen atoms in total. The van der Waals surface area contributed by atoms with Gasteiger partial charge >= 0.3 is 0 Å². The average molecular weight is 327 g/mol. The summed E-state index contributed by atoms with van der Waals surface area (Å²) in [5.41, 5.74) is 2.14. The van der Waals surface area contributed by atoms with Crippen LogP contribution in [-0.2, 0) is 4.79 Å². The third kappa shape index (κ3) is 5.83. The van der Waals surface area contributed by atoms with Gasteiger partial charge in [0.1, 0.15) is 5.75 Å². The van der Waals surface area contributed by atoms with E-state index in [2.05, 4.69) is 36.5 Å². The molecule has 1 N–H and O–H groups in total. The lowest BCUT2D eigenvalue weighted by molar-refractivity contribution is -0.116. The van der Waals surface area contributed by atoms with Gasteiger partial charge in [0.2, 0.25) is 5.91 Å². The summed E-state index contributed by atoms with van der Waals surface area (Å²) in [5, 5.41) is 2.88. The van der Waals surface area contributed by atoms with E-state index >= 15 is 0 Å². The van der Waals surface area contributed by atoms with Crippen molar-refractivity contribution in [3.8, 4) is 5.75 Å². The highest BCUT2D eigenvalue weighted by molar-refractivity contribution is 7.99. The highest BCUT2D eigenvalue weighted by atomic mass is 32.2. The number of rotatable bonds is 7. The van der Waals surface area contributed by atoms with Crippen molar-refractivity contribution in [2.75, 3.05) is 19.4 Å². The third-order valence-corrected chi connectivity index (χ3v) is 4.26. The van der Waals surface area contributed by atoms with Crippen LogP contribution in [0.5, 0.6) is 5.75 Å². The van der Waals surface area contributed by atoms with Crippen LogP contribution in [-0.4, -0.2) is 25.3 Å². The number of amides is 1. The van der Waals surface area contributed by atoms with Gasteiger partial charge < -0.3 is 10.1 Å². The molecule has 0 radical (unpaired) electrons. The lowest BCUT2D eigenvalue weighted by Crippen LogP contribution is -2.23. The summed E-state index contributed by atoms with van der Waals surface area (Å²) in [6, 6.07) is 16.0. The van der Waals surface area contributed by atoms with Crippen molar-refractivity contribution in [3.63, 3.8) is 0 Å². The fraction of sp³-hybridized carbons (Fsp3) is 0.211. The zero-order chi connectivity index (χ0) is 16.5. The number of nitrogens with one attached hydrogen (secondary N) is 1. The van der Waals surface area contributed by atoms with Crippen LogP contribution >= 0.6 is 11.8 Å². The Kier molecular flexibility index (Phi) is 6.76. The first-order valence-electron chi connectivity index (χ1n) is 7.47. The van der Waals surface area contributed by atoms with Gasteiger partial charge in [-0.15, -0.1) is 11.8 Å². The van der Waals surface area contributed by atoms with Crippen LogP contribution in [0.4, 0.5) is 0 Å². The predicted octanol–water partition coefficient (Wildman–Crippen LogP) is 3.93. The maximum absolute atomic E-state index is 11.8. The van der Waals surface area contributed by atoms with Gasteiger partial charge in [-0.1, -0.05) is 35.9 Å². The van der Waals surface area contributed by atoms with E-state index in [1.165, 1.54) is 16.5 Å². The first-order valence-corrected chi connectivity index (χ1v) is 8.46. The topological polar surface area (TPSA) is 38.3 Å². The summed E-state index contributed by atoms with van der Waals surface area (Å²) in [5.74, 6) is 1.50. The number of ether oxygens (including phenoxy) is 1. The first kappa shape index (κ1) is 17.2. The molecular formula is C19H21NO2S. The summed E-state index contributed by atoms with van der Waals surface area (Å²) >= 11 is 1.73. The molecule has 0 saturated heterocycles. The largest absolute Gasteiger partial charge is 0.496 e. The Morgan fingerprint density at radius 2 is 1.91 bits per heavy atom. The Hall–Kier alpha value is -2.20. The minimum Gasteiger partial charge on any atom is -0.496 e. The maximum Gasteiger partial charge on any atom is 0.244 e. The number of hydrogen-bond acceptors (Lipinski definition) is 3. The minimum absolute atomic E-state index is 0.0968. The Balaban J connectivity index is 1.74. The third-order valence-electron chi connectivity index (χ3n) is 3.24.